The Morgan fingerprint density at radius 1 is 1.32 bits per heavy atom. The van der Waals surface area contributed by atoms with E-state index in [0.717, 1.165) is 16.6 Å². The fraction of sp³-hybridized carbons (Fsp3) is 0.286. The lowest BCUT2D eigenvalue weighted by Crippen LogP contribution is -2.29. The Morgan fingerprint density at radius 3 is 2.89 bits per heavy atom. The predicted octanol–water partition coefficient (Wildman–Crippen LogP) is 1.90. The maximum absolute atomic E-state index is 11.5. The Labute approximate surface area is 117 Å². The lowest BCUT2D eigenvalue weighted by atomic mass is 10.1. The van der Waals surface area contributed by atoms with Gasteiger partial charge in [0.1, 0.15) is 0 Å². The van der Waals surface area contributed by atoms with Gasteiger partial charge in [-0.3, -0.25) is 9.78 Å². The summed E-state index contributed by atoms with van der Waals surface area (Å²) in [6.45, 7) is 0.970. The average molecular weight is 278 g/mol. The molecule has 1 heterocycles. The van der Waals surface area contributed by atoms with Crippen LogP contribution in [-0.2, 0) is 11.2 Å². The number of benzene rings is 1. The number of hydrogen-bond acceptors (Lipinski definition) is 3. The van der Waals surface area contributed by atoms with Crippen LogP contribution in [0.1, 0.15) is 12.1 Å². The molecule has 2 aromatic rings. The second-order valence-electron chi connectivity index (χ2n) is 4.28. The van der Waals surface area contributed by atoms with Gasteiger partial charge in [-0.25, -0.2) is 0 Å². The molecule has 1 aromatic carbocycles. The molecule has 1 aromatic heterocycles. The zero-order valence-corrected chi connectivity index (χ0v) is 11.3. The molecule has 2 rings (SSSR count). The van der Waals surface area contributed by atoms with Crippen molar-refractivity contribution in [2.24, 2.45) is 5.73 Å². The number of pyridine rings is 1. The molecule has 0 radical (unpaired) electrons. The van der Waals surface area contributed by atoms with Crippen molar-refractivity contribution in [1.82, 2.24) is 10.3 Å². The zero-order chi connectivity index (χ0) is 13.7. The topological polar surface area (TPSA) is 68.0 Å². The maximum atomic E-state index is 11.5. The summed E-state index contributed by atoms with van der Waals surface area (Å²) in [5.41, 5.74) is 7.06. The van der Waals surface area contributed by atoms with Gasteiger partial charge in [0.15, 0.2) is 0 Å². The Balaban J connectivity index is 2.03. The minimum absolute atomic E-state index is 0.00144. The van der Waals surface area contributed by atoms with E-state index >= 15 is 0 Å². The van der Waals surface area contributed by atoms with E-state index in [1.807, 2.05) is 30.3 Å². The first-order valence-electron chi connectivity index (χ1n) is 6.21. The Bertz CT molecular complexity index is 586. The van der Waals surface area contributed by atoms with Crippen molar-refractivity contribution >= 4 is 28.4 Å². The number of aryl methyl sites for hydroxylation is 1. The molecule has 0 bridgehead atoms. The lowest BCUT2D eigenvalue weighted by Gasteiger charge is -2.04. The van der Waals surface area contributed by atoms with Crippen molar-refractivity contribution < 1.29 is 4.79 Å². The summed E-state index contributed by atoms with van der Waals surface area (Å²) >= 11 is 5.94. The second kappa shape index (κ2) is 6.50. The van der Waals surface area contributed by atoms with Crippen LogP contribution in [-0.4, -0.2) is 24.0 Å². The summed E-state index contributed by atoms with van der Waals surface area (Å²) < 4.78 is 0. The number of nitrogens with one attached hydrogen (secondary N) is 1. The number of halogens is 1. The van der Waals surface area contributed by atoms with E-state index in [0.29, 0.717) is 31.0 Å². The monoisotopic (exact) mass is 277 g/mol. The van der Waals surface area contributed by atoms with E-state index in [4.69, 9.17) is 17.3 Å². The van der Waals surface area contributed by atoms with Crippen LogP contribution in [0.3, 0.4) is 0 Å². The van der Waals surface area contributed by atoms with Gasteiger partial charge >= 0.3 is 0 Å². The summed E-state index contributed by atoms with van der Waals surface area (Å²) in [5, 5.41) is 4.44. The van der Waals surface area contributed by atoms with Crippen molar-refractivity contribution in [3.8, 4) is 0 Å². The number of fused-ring (bicyclic) bond motifs is 1. The van der Waals surface area contributed by atoms with Crippen molar-refractivity contribution in [3.63, 3.8) is 0 Å². The molecule has 100 valence electrons. The molecule has 0 saturated heterocycles. The number of aromatic nitrogens is 1. The third kappa shape index (κ3) is 3.91. The normalized spacial score (nSPS) is 10.6. The third-order valence-electron chi connectivity index (χ3n) is 2.79. The minimum Gasteiger partial charge on any atom is -0.355 e. The van der Waals surface area contributed by atoms with Gasteiger partial charge in [-0.05, 0) is 24.6 Å². The van der Waals surface area contributed by atoms with Crippen LogP contribution in [0.4, 0.5) is 0 Å². The number of rotatable bonds is 5. The largest absolute Gasteiger partial charge is 0.355 e. The van der Waals surface area contributed by atoms with Gasteiger partial charge in [0, 0.05) is 35.6 Å². The molecule has 0 aliphatic rings. The Kier molecular flexibility index (Phi) is 4.71. The van der Waals surface area contributed by atoms with Gasteiger partial charge in [-0.15, -0.1) is 0 Å². The smallest absolute Gasteiger partial charge is 0.220 e. The predicted molar refractivity (Wildman–Crippen MR) is 77.1 cm³/mol. The van der Waals surface area contributed by atoms with E-state index in [9.17, 15) is 4.79 Å². The van der Waals surface area contributed by atoms with Crippen LogP contribution < -0.4 is 11.1 Å². The van der Waals surface area contributed by atoms with E-state index in [2.05, 4.69) is 10.3 Å². The highest BCUT2D eigenvalue weighted by Crippen LogP contribution is 2.18. The Morgan fingerprint density at radius 2 is 2.11 bits per heavy atom. The molecule has 1 amide bonds. The van der Waals surface area contributed by atoms with E-state index < -0.39 is 0 Å². The molecule has 0 unspecified atom stereocenters. The van der Waals surface area contributed by atoms with Crippen molar-refractivity contribution in [1.29, 1.82) is 0 Å². The number of nitrogens with two attached hydrogens (primary N) is 1. The van der Waals surface area contributed by atoms with Gasteiger partial charge in [-0.2, -0.15) is 0 Å². The quantitative estimate of drug-likeness (QED) is 0.877. The highest BCUT2D eigenvalue weighted by Gasteiger charge is 2.04. The van der Waals surface area contributed by atoms with Crippen LogP contribution >= 0.6 is 11.6 Å². The van der Waals surface area contributed by atoms with Gasteiger partial charge < -0.3 is 11.1 Å². The molecule has 0 atom stereocenters. The SMILES string of the molecule is NCCNC(=O)CCc1ccc2ccc(Cl)cc2n1. The molecule has 5 heteroatoms. The summed E-state index contributed by atoms with van der Waals surface area (Å²) in [5.74, 6) is -0.00144. The first-order valence-corrected chi connectivity index (χ1v) is 6.59. The molecule has 0 spiro atoms. The van der Waals surface area contributed by atoms with E-state index in [1.165, 1.54) is 0 Å². The lowest BCUT2D eigenvalue weighted by molar-refractivity contribution is -0.121. The van der Waals surface area contributed by atoms with Crippen LogP contribution in [0.25, 0.3) is 10.9 Å². The Hall–Kier alpha value is -1.65. The van der Waals surface area contributed by atoms with Crippen LogP contribution in [0, 0.1) is 0 Å². The van der Waals surface area contributed by atoms with Crippen molar-refractivity contribution in [2.45, 2.75) is 12.8 Å². The van der Waals surface area contributed by atoms with Crippen LogP contribution in [0.2, 0.25) is 5.02 Å². The summed E-state index contributed by atoms with van der Waals surface area (Å²) in [6, 6.07) is 9.53. The number of carbonyl (C=O) groups is 1. The second-order valence-corrected chi connectivity index (χ2v) is 4.71. The van der Waals surface area contributed by atoms with Crippen LogP contribution in [0.15, 0.2) is 30.3 Å². The number of nitrogens with zero attached hydrogens (tertiary/aromatic N) is 1. The van der Waals surface area contributed by atoms with Crippen molar-refractivity contribution in [2.75, 3.05) is 13.1 Å². The van der Waals surface area contributed by atoms with Gasteiger partial charge in [0.2, 0.25) is 5.91 Å². The van der Waals surface area contributed by atoms with Crippen molar-refractivity contribution in [3.05, 3.63) is 41.0 Å². The number of amides is 1. The summed E-state index contributed by atoms with van der Waals surface area (Å²) in [7, 11) is 0. The molecule has 3 N–H and O–H groups in total. The molecule has 4 nitrogen and oxygen atoms in total. The molecule has 0 fully saturated rings. The van der Waals surface area contributed by atoms with E-state index in [1.54, 1.807) is 0 Å². The zero-order valence-electron chi connectivity index (χ0n) is 10.5. The van der Waals surface area contributed by atoms with Gasteiger partial charge in [0.25, 0.3) is 0 Å². The number of carbonyl (C=O) groups excluding carboxylic acids is 1. The molecule has 0 aliphatic heterocycles. The fourth-order valence-electron chi connectivity index (χ4n) is 1.81. The molecule has 19 heavy (non-hydrogen) atoms. The summed E-state index contributed by atoms with van der Waals surface area (Å²) in [6.07, 6.45) is 1.03. The first-order chi connectivity index (χ1) is 9.19. The standard InChI is InChI=1S/C14H16ClN3O/c15-11-3-1-10-2-4-12(18-13(10)9-11)5-6-14(19)17-8-7-16/h1-4,9H,5-8,16H2,(H,17,19). The van der Waals surface area contributed by atoms with Gasteiger partial charge in [-0.1, -0.05) is 23.7 Å². The maximum Gasteiger partial charge on any atom is 0.220 e. The van der Waals surface area contributed by atoms with Gasteiger partial charge in [0.05, 0.1) is 5.52 Å². The van der Waals surface area contributed by atoms with Crippen LogP contribution in [0.5, 0.6) is 0 Å². The molecular formula is C14H16ClN3O. The number of hydrogen-bond donors (Lipinski definition) is 2. The first kappa shape index (κ1) is 13.8. The fourth-order valence-corrected chi connectivity index (χ4v) is 1.98. The highest BCUT2D eigenvalue weighted by atomic mass is 35.5. The minimum atomic E-state index is -0.00144. The highest BCUT2D eigenvalue weighted by molar-refractivity contribution is 6.31. The molecule has 0 aliphatic carbocycles. The molecular weight excluding hydrogens is 262 g/mol. The average Bonchev–Trinajstić information content (AvgIpc) is 2.42. The van der Waals surface area contributed by atoms with E-state index in [-0.39, 0.29) is 5.91 Å². The molecule has 0 saturated carbocycles. The third-order valence-corrected chi connectivity index (χ3v) is 3.02. The summed E-state index contributed by atoms with van der Waals surface area (Å²) in [4.78, 5) is 16.0.